The molecule has 0 radical (unpaired) electrons. The number of nitrogens with zero attached hydrogens (tertiary/aromatic N) is 2. The van der Waals surface area contributed by atoms with Crippen LogP contribution >= 0.6 is 0 Å². The van der Waals surface area contributed by atoms with Crippen molar-refractivity contribution < 1.29 is 19.1 Å². The number of fused-ring (bicyclic) bond motifs is 2. The Morgan fingerprint density at radius 1 is 1.10 bits per heavy atom. The fourth-order valence-corrected chi connectivity index (χ4v) is 3.50. The minimum atomic E-state index is -0.833. The first-order valence-corrected chi connectivity index (χ1v) is 9.31. The Hall–Kier alpha value is -4.01. The number of carbonyl (C=O) groups excluding carboxylic acids is 3. The Kier molecular flexibility index (Phi) is 5.01. The number of ether oxygens (including phenoxy) is 1. The highest BCUT2D eigenvalue weighted by molar-refractivity contribution is 6.06. The summed E-state index contributed by atoms with van der Waals surface area (Å²) in [6.45, 7) is 1.21. The van der Waals surface area contributed by atoms with Crippen LogP contribution in [0.25, 0.3) is 10.8 Å². The number of H-pyrrole nitrogens is 1. The normalized spacial score (nSPS) is 15.8. The number of hydrogen-bond donors (Lipinski definition) is 2. The maximum Gasteiger partial charge on any atom is 0.359 e. The smallest absolute Gasteiger partial charge is 0.359 e. The van der Waals surface area contributed by atoms with Gasteiger partial charge < -0.3 is 15.0 Å². The van der Waals surface area contributed by atoms with E-state index in [-0.39, 0.29) is 18.0 Å². The van der Waals surface area contributed by atoms with E-state index in [0.29, 0.717) is 22.1 Å². The third-order valence-corrected chi connectivity index (χ3v) is 4.84. The molecule has 3 aromatic rings. The second-order valence-electron chi connectivity index (χ2n) is 6.91. The lowest BCUT2D eigenvalue weighted by molar-refractivity contribution is -0.122. The van der Waals surface area contributed by atoms with Crippen molar-refractivity contribution >= 4 is 39.9 Å². The van der Waals surface area contributed by atoms with E-state index in [4.69, 9.17) is 4.74 Å². The van der Waals surface area contributed by atoms with Crippen molar-refractivity contribution in [2.24, 2.45) is 0 Å². The van der Waals surface area contributed by atoms with E-state index >= 15 is 0 Å². The molecular formula is C21H18N4O5. The standard InChI is InChI=1S/C21H18N4O5/c1-12-10-17(26)22-15-8-4-5-9-16(15)25(12)18(27)11-30-21(29)19-13-6-2-3-7-14(13)20(28)24-23-19/h2-9,12H,10-11H2,1H3,(H,22,26)(H,24,28)/t12-/m1/s1. The first kappa shape index (κ1) is 19.3. The number of amides is 2. The molecule has 1 aliphatic rings. The van der Waals surface area contributed by atoms with Crippen molar-refractivity contribution in [1.29, 1.82) is 0 Å². The zero-order valence-electron chi connectivity index (χ0n) is 16.0. The maximum atomic E-state index is 12.9. The van der Waals surface area contributed by atoms with Crippen LogP contribution in [0.1, 0.15) is 23.8 Å². The van der Waals surface area contributed by atoms with Gasteiger partial charge in [0.2, 0.25) is 5.91 Å². The molecule has 9 nitrogen and oxygen atoms in total. The van der Waals surface area contributed by atoms with Gasteiger partial charge in [-0.25, -0.2) is 9.89 Å². The fraction of sp³-hybridized carbons (Fsp3) is 0.190. The van der Waals surface area contributed by atoms with Crippen molar-refractivity contribution in [3.8, 4) is 0 Å². The monoisotopic (exact) mass is 406 g/mol. The number of carbonyl (C=O) groups is 3. The third kappa shape index (κ3) is 3.52. The number of esters is 1. The summed E-state index contributed by atoms with van der Waals surface area (Å²) in [5, 5.41) is 9.44. The van der Waals surface area contributed by atoms with Gasteiger partial charge in [0.1, 0.15) is 0 Å². The molecule has 152 valence electrons. The molecule has 0 fully saturated rings. The predicted octanol–water partition coefficient (Wildman–Crippen LogP) is 1.84. The van der Waals surface area contributed by atoms with Gasteiger partial charge >= 0.3 is 5.97 Å². The van der Waals surface area contributed by atoms with Crippen LogP contribution in [-0.4, -0.2) is 40.6 Å². The second kappa shape index (κ2) is 7.78. The van der Waals surface area contributed by atoms with Gasteiger partial charge in [-0.3, -0.25) is 14.4 Å². The largest absolute Gasteiger partial charge is 0.451 e. The summed E-state index contributed by atoms with van der Waals surface area (Å²) in [6, 6.07) is 13.0. The van der Waals surface area contributed by atoms with Crippen LogP contribution in [0.3, 0.4) is 0 Å². The molecule has 0 bridgehead atoms. The van der Waals surface area contributed by atoms with Crippen LogP contribution in [0.5, 0.6) is 0 Å². The lowest BCUT2D eigenvalue weighted by atomic mass is 10.1. The van der Waals surface area contributed by atoms with E-state index in [9.17, 15) is 19.2 Å². The minimum absolute atomic E-state index is 0.0841. The van der Waals surface area contributed by atoms with E-state index in [2.05, 4.69) is 15.5 Å². The summed E-state index contributed by atoms with van der Waals surface area (Å²) in [6.07, 6.45) is 0.112. The number of rotatable bonds is 3. The van der Waals surface area contributed by atoms with Gasteiger partial charge in [0.15, 0.2) is 12.3 Å². The molecule has 0 unspecified atom stereocenters. The molecule has 9 heteroatoms. The summed E-state index contributed by atoms with van der Waals surface area (Å²) >= 11 is 0. The van der Waals surface area contributed by atoms with Gasteiger partial charge in [0.05, 0.1) is 16.8 Å². The molecule has 30 heavy (non-hydrogen) atoms. The average Bonchev–Trinajstić information content (AvgIpc) is 2.86. The topological polar surface area (TPSA) is 121 Å². The Labute approximate surface area is 170 Å². The lowest BCUT2D eigenvalue weighted by Crippen LogP contribution is -2.41. The second-order valence-corrected chi connectivity index (χ2v) is 6.91. The van der Waals surface area contributed by atoms with Crippen molar-refractivity contribution in [2.75, 3.05) is 16.8 Å². The highest BCUT2D eigenvalue weighted by atomic mass is 16.5. The van der Waals surface area contributed by atoms with Crippen molar-refractivity contribution in [2.45, 2.75) is 19.4 Å². The van der Waals surface area contributed by atoms with Crippen LogP contribution in [0, 0.1) is 0 Å². The van der Waals surface area contributed by atoms with E-state index in [1.165, 1.54) is 4.90 Å². The molecule has 0 saturated carbocycles. The van der Waals surface area contributed by atoms with Crippen LogP contribution in [0.15, 0.2) is 53.3 Å². The van der Waals surface area contributed by atoms with Crippen molar-refractivity contribution in [3.63, 3.8) is 0 Å². The van der Waals surface area contributed by atoms with E-state index in [1.54, 1.807) is 55.5 Å². The SMILES string of the molecule is C[C@@H]1CC(=O)Nc2ccccc2N1C(=O)COC(=O)c1n[nH]c(=O)c2ccccc12. The number of hydrogen-bond acceptors (Lipinski definition) is 6. The van der Waals surface area contributed by atoms with Crippen LogP contribution in [0.2, 0.25) is 0 Å². The van der Waals surface area contributed by atoms with Gasteiger partial charge in [-0.05, 0) is 25.1 Å². The third-order valence-electron chi connectivity index (χ3n) is 4.84. The molecule has 2 aromatic carbocycles. The molecule has 0 spiro atoms. The summed E-state index contributed by atoms with van der Waals surface area (Å²) in [5.74, 6) is -1.51. The molecule has 1 aliphatic heterocycles. The lowest BCUT2D eigenvalue weighted by Gasteiger charge is -2.27. The minimum Gasteiger partial charge on any atom is -0.451 e. The van der Waals surface area contributed by atoms with Gasteiger partial charge in [0.25, 0.3) is 11.5 Å². The van der Waals surface area contributed by atoms with E-state index in [0.717, 1.165) is 0 Å². The molecule has 0 saturated heterocycles. The molecule has 1 atom stereocenters. The first-order chi connectivity index (χ1) is 14.5. The van der Waals surface area contributed by atoms with Gasteiger partial charge in [-0.15, -0.1) is 0 Å². The van der Waals surface area contributed by atoms with Crippen LogP contribution in [0.4, 0.5) is 11.4 Å². The summed E-state index contributed by atoms with van der Waals surface area (Å²) in [5.41, 5.74) is 0.536. The zero-order valence-corrected chi connectivity index (χ0v) is 16.0. The number of benzene rings is 2. The molecular weight excluding hydrogens is 388 g/mol. The number of nitrogens with one attached hydrogen (secondary N) is 2. The Bertz CT molecular complexity index is 1220. The van der Waals surface area contributed by atoms with E-state index in [1.807, 2.05) is 0 Å². The van der Waals surface area contributed by atoms with E-state index < -0.39 is 30.1 Å². The number of aromatic nitrogens is 2. The van der Waals surface area contributed by atoms with Crippen molar-refractivity contribution in [1.82, 2.24) is 10.2 Å². The summed E-state index contributed by atoms with van der Waals surface area (Å²) in [4.78, 5) is 50.8. The quantitative estimate of drug-likeness (QED) is 0.640. The number of anilines is 2. The molecule has 2 amide bonds. The van der Waals surface area contributed by atoms with Crippen LogP contribution in [-0.2, 0) is 14.3 Å². The predicted molar refractivity (Wildman–Crippen MR) is 109 cm³/mol. The maximum absolute atomic E-state index is 12.9. The molecule has 4 rings (SSSR count). The van der Waals surface area contributed by atoms with Crippen molar-refractivity contribution in [3.05, 3.63) is 64.6 Å². The molecule has 2 N–H and O–H groups in total. The summed E-state index contributed by atoms with van der Waals surface area (Å²) < 4.78 is 5.20. The Morgan fingerprint density at radius 3 is 2.60 bits per heavy atom. The van der Waals surface area contributed by atoms with Crippen LogP contribution < -0.4 is 15.8 Å². The van der Waals surface area contributed by atoms with Gasteiger partial charge in [0, 0.05) is 17.8 Å². The number of para-hydroxylation sites is 2. The highest BCUT2D eigenvalue weighted by Crippen LogP contribution is 2.31. The molecule has 1 aromatic heterocycles. The Morgan fingerprint density at radius 2 is 1.80 bits per heavy atom. The average molecular weight is 406 g/mol. The van der Waals surface area contributed by atoms with Gasteiger partial charge in [-0.1, -0.05) is 30.3 Å². The zero-order chi connectivity index (χ0) is 21.3. The Balaban J connectivity index is 1.57. The fourth-order valence-electron chi connectivity index (χ4n) is 3.50. The summed E-state index contributed by atoms with van der Waals surface area (Å²) in [7, 11) is 0. The molecule has 2 heterocycles. The highest BCUT2D eigenvalue weighted by Gasteiger charge is 2.30. The first-order valence-electron chi connectivity index (χ1n) is 9.31. The van der Waals surface area contributed by atoms with Gasteiger partial charge in [-0.2, -0.15) is 5.10 Å². The molecule has 0 aliphatic carbocycles. The number of aromatic amines is 1.